The minimum Gasteiger partial charge on any atom is -0.495 e. The van der Waals surface area contributed by atoms with Gasteiger partial charge in [-0.15, -0.1) is 0 Å². The summed E-state index contributed by atoms with van der Waals surface area (Å²) in [6.45, 7) is 5.23. The van der Waals surface area contributed by atoms with Crippen LogP contribution in [0.1, 0.15) is 24.3 Å². The first-order valence-electron chi connectivity index (χ1n) is 7.44. The zero-order chi connectivity index (χ0) is 16.8. The van der Waals surface area contributed by atoms with Crippen molar-refractivity contribution in [3.63, 3.8) is 0 Å². The predicted octanol–water partition coefficient (Wildman–Crippen LogP) is 3.97. The number of carbonyl (C=O) groups excluding carboxylic acids is 1. The molecule has 0 fully saturated rings. The van der Waals surface area contributed by atoms with E-state index in [0.717, 1.165) is 11.4 Å². The summed E-state index contributed by atoms with van der Waals surface area (Å²) in [4.78, 5) is 18.2. The number of hydrogen-bond acceptors (Lipinski definition) is 4. The van der Waals surface area contributed by atoms with Crippen molar-refractivity contribution in [2.75, 3.05) is 25.5 Å². The Hall–Kier alpha value is -2.27. The molecule has 1 aromatic heterocycles. The lowest BCUT2D eigenvalue weighted by Crippen LogP contribution is -2.31. The molecule has 0 spiro atoms. The lowest BCUT2D eigenvalue weighted by Gasteiger charge is -2.18. The van der Waals surface area contributed by atoms with Crippen LogP contribution in [-0.2, 0) is 0 Å². The number of pyridine rings is 1. The topological polar surface area (TPSA) is 54.5 Å². The third-order valence-electron chi connectivity index (χ3n) is 3.47. The number of benzene rings is 1. The highest BCUT2D eigenvalue weighted by atomic mass is 35.5. The lowest BCUT2D eigenvalue weighted by molar-refractivity contribution is 0.0767. The normalized spacial score (nSPS) is 10.3. The van der Waals surface area contributed by atoms with Crippen LogP contribution in [0.15, 0.2) is 36.5 Å². The molecule has 2 aromatic rings. The molecular weight excluding hydrogens is 314 g/mol. The van der Waals surface area contributed by atoms with Gasteiger partial charge in [0.25, 0.3) is 5.91 Å². The minimum absolute atomic E-state index is 0.0611. The van der Waals surface area contributed by atoms with Gasteiger partial charge in [0.05, 0.1) is 24.0 Å². The highest BCUT2D eigenvalue weighted by Crippen LogP contribution is 2.28. The minimum atomic E-state index is -0.0611. The molecule has 0 aliphatic rings. The van der Waals surface area contributed by atoms with Gasteiger partial charge in [0.2, 0.25) is 0 Å². The number of ether oxygens (including phenoxy) is 1. The number of methoxy groups -OCH3 is 1. The van der Waals surface area contributed by atoms with Gasteiger partial charge in [-0.3, -0.25) is 4.79 Å². The van der Waals surface area contributed by atoms with E-state index in [-0.39, 0.29) is 5.91 Å². The first-order valence-corrected chi connectivity index (χ1v) is 7.82. The monoisotopic (exact) mass is 333 g/mol. The van der Waals surface area contributed by atoms with Gasteiger partial charge in [-0.25, -0.2) is 4.98 Å². The lowest BCUT2D eigenvalue weighted by atomic mass is 10.2. The maximum Gasteiger partial charge on any atom is 0.272 e. The Labute approximate surface area is 141 Å². The third kappa shape index (κ3) is 4.13. The summed E-state index contributed by atoms with van der Waals surface area (Å²) in [5, 5.41) is 3.72. The molecule has 1 N–H and O–H groups in total. The zero-order valence-corrected chi connectivity index (χ0v) is 14.2. The van der Waals surface area contributed by atoms with Crippen LogP contribution in [0, 0.1) is 0 Å². The fourth-order valence-electron chi connectivity index (χ4n) is 2.18. The van der Waals surface area contributed by atoms with Crippen molar-refractivity contribution in [1.82, 2.24) is 9.88 Å². The first-order chi connectivity index (χ1) is 11.1. The molecule has 0 bridgehead atoms. The fourth-order valence-corrected chi connectivity index (χ4v) is 2.44. The second-order valence-corrected chi connectivity index (χ2v) is 5.29. The highest BCUT2D eigenvalue weighted by molar-refractivity contribution is 6.32. The van der Waals surface area contributed by atoms with Crippen molar-refractivity contribution in [2.24, 2.45) is 0 Å². The predicted molar refractivity (Wildman–Crippen MR) is 92.8 cm³/mol. The van der Waals surface area contributed by atoms with Crippen LogP contribution in [0.25, 0.3) is 0 Å². The molecule has 1 amide bonds. The standard InChI is InChI=1S/C17H20ClN3O2/c1-4-21(5-2)17(22)15-8-6-13(11-19-15)20-12-7-9-16(23-3)14(18)10-12/h6-11,20H,4-5H2,1-3H3. The Morgan fingerprint density at radius 1 is 1.22 bits per heavy atom. The second-order valence-electron chi connectivity index (χ2n) is 4.88. The molecule has 5 nitrogen and oxygen atoms in total. The van der Waals surface area contributed by atoms with E-state index in [0.29, 0.717) is 29.6 Å². The number of anilines is 2. The van der Waals surface area contributed by atoms with Crippen molar-refractivity contribution in [3.8, 4) is 5.75 Å². The zero-order valence-electron chi connectivity index (χ0n) is 13.5. The highest BCUT2D eigenvalue weighted by Gasteiger charge is 2.13. The molecule has 0 aliphatic carbocycles. The summed E-state index contributed by atoms with van der Waals surface area (Å²) < 4.78 is 5.12. The third-order valence-corrected chi connectivity index (χ3v) is 3.77. The van der Waals surface area contributed by atoms with Gasteiger partial charge in [0.15, 0.2) is 0 Å². The number of amides is 1. The molecular formula is C17H20ClN3O2. The molecule has 0 saturated carbocycles. The van der Waals surface area contributed by atoms with Crippen LogP contribution < -0.4 is 10.1 Å². The maximum absolute atomic E-state index is 12.2. The summed E-state index contributed by atoms with van der Waals surface area (Å²) in [6, 6.07) is 8.96. The van der Waals surface area contributed by atoms with Gasteiger partial charge in [-0.05, 0) is 44.2 Å². The Kier molecular flexibility index (Phi) is 5.82. The number of nitrogens with one attached hydrogen (secondary N) is 1. The van der Waals surface area contributed by atoms with Crippen molar-refractivity contribution in [1.29, 1.82) is 0 Å². The Morgan fingerprint density at radius 2 is 1.91 bits per heavy atom. The Bertz CT molecular complexity index is 670. The van der Waals surface area contributed by atoms with Crippen LogP contribution in [0.3, 0.4) is 0 Å². The summed E-state index contributed by atoms with van der Waals surface area (Å²) >= 11 is 6.10. The molecule has 1 heterocycles. The fraction of sp³-hybridized carbons (Fsp3) is 0.294. The molecule has 122 valence electrons. The molecule has 0 radical (unpaired) electrons. The smallest absolute Gasteiger partial charge is 0.272 e. The number of nitrogens with zero attached hydrogens (tertiary/aromatic N) is 2. The van der Waals surface area contributed by atoms with E-state index in [4.69, 9.17) is 16.3 Å². The van der Waals surface area contributed by atoms with E-state index in [1.165, 1.54) is 0 Å². The summed E-state index contributed by atoms with van der Waals surface area (Å²) in [5.74, 6) is 0.560. The molecule has 23 heavy (non-hydrogen) atoms. The Balaban J connectivity index is 2.11. The van der Waals surface area contributed by atoms with Crippen molar-refractivity contribution in [3.05, 3.63) is 47.2 Å². The van der Waals surface area contributed by atoms with E-state index < -0.39 is 0 Å². The number of aromatic nitrogens is 1. The molecule has 2 rings (SSSR count). The van der Waals surface area contributed by atoms with Gasteiger partial charge < -0.3 is 15.0 Å². The van der Waals surface area contributed by atoms with Crippen LogP contribution in [0.2, 0.25) is 5.02 Å². The SMILES string of the molecule is CCN(CC)C(=O)c1ccc(Nc2ccc(OC)c(Cl)c2)cn1. The largest absolute Gasteiger partial charge is 0.495 e. The number of halogens is 1. The summed E-state index contributed by atoms with van der Waals surface area (Å²) in [5.41, 5.74) is 2.04. The van der Waals surface area contributed by atoms with Crippen molar-refractivity contribution >= 4 is 28.9 Å². The number of hydrogen-bond donors (Lipinski definition) is 1. The van der Waals surface area contributed by atoms with Crippen LogP contribution in [-0.4, -0.2) is 36.0 Å². The van der Waals surface area contributed by atoms with Gasteiger partial charge in [-0.1, -0.05) is 11.6 Å². The average molecular weight is 334 g/mol. The van der Waals surface area contributed by atoms with Crippen LogP contribution >= 0.6 is 11.6 Å². The molecule has 0 aliphatic heterocycles. The Morgan fingerprint density at radius 3 is 2.43 bits per heavy atom. The van der Waals surface area contributed by atoms with E-state index in [2.05, 4.69) is 10.3 Å². The van der Waals surface area contributed by atoms with Gasteiger partial charge >= 0.3 is 0 Å². The van der Waals surface area contributed by atoms with Crippen LogP contribution in [0.5, 0.6) is 5.75 Å². The molecule has 6 heteroatoms. The number of carbonyl (C=O) groups is 1. The molecule has 0 saturated heterocycles. The van der Waals surface area contributed by atoms with Gasteiger partial charge in [0, 0.05) is 18.8 Å². The molecule has 1 aromatic carbocycles. The number of rotatable bonds is 6. The van der Waals surface area contributed by atoms with Crippen molar-refractivity contribution in [2.45, 2.75) is 13.8 Å². The first kappa shape index (κ1) is 17.1. The summed E-state index contributed by atoms with van der Waals surface area (Å²) in [6.07, 6.45) is 1.63. The van der Waals surface area contributed by atoms with E-state index in [1.807, 2.05) is 26.0 Å². The van der Waals surface area contributed by atoms with Crippen molar-refractivity contribution < 1.29 is 9.53 Å². The quantitative estimate of drug-likeness (QED) is 0.869. The van der Waals surface area contributed by atoms with Crippen LogP contribution in [0.4, 0.5) is 11.4 Å². The summed E-state index contributed by atoms with van der Waals surface area (Å²) in [7, 11) is 1.57. The van der Waals surface area contributed by atoms with Gasteiger partial charge in [-0.2, -0.15) is 0 Å². The molecule has 0 atom stereocenters. The van der Waals surface area contributed by atoms with E-state index in [1.54, 1.807) is 36.4 Å². The maximum atomic E-state index is 12.2. The van der Waals surface area contributed by atoms with Gasteiger partial charge in [0.1, 0.15) is 11.4 Å². The molecule has 0 unspecified atom stereocenters. The average Bonchev–Trinajstić information content (AvgIpc) is 2.57. The second kappa shape index (κ2) is 7.83. The van der Waals surface area contributed by atoms with E-state index in [9.17, 15) is 4.79 Å². The van der Waals surface area contributed by atoms with E-state index >= 15 is 0 Å².